The Bertz CT molecular complexity index is 1050. The number of hydrogen-bond donors (Lipinski definition) is 0. The first kappa shape index (κ1) is 23.4. The Morgan fingerprint density at radius 2 is 1.97 bits per heavy atom. The van der Waals surface area contributed by atoms with Crippen LogP contribution in [0.3, 0.4) is 0 Å². The molecule has 1 aliphatic rings. The first-order chi connectivity index (χ1) is 13.7. The lowest BCUT2D eigenvalue weighted by atomic mass is 10.1. The fourth-order valence-electron chi connectivity index (χ4n) is 3.12. The summed E-state index contributed by atoms with van der Waals surface area (Å²) in [6.07, 6.45) is 1.97. The molecule has 30 heavy (non-hydrogen) atoms. The summed E-state index contributed by atoms with van der Waals surface area (Å²) < 4.78 is 74.0. The molecule has 0 radical (unpaired) electrons. The maximum Gasteiger partial charge on any atom is 0.534 e. The third-order valence-electron chi connectivity index (χ3n) is 5.06. The lowest BCUT2D eigenvalue weighted by molar-refractivity contribution is -0.0499. The van der Waals surface area contributed by atoms with E-state index < -0.39 is 29.4 Å². The van der Waals surface area contributed by atoms with Crippen LogP contribution in [0.2, 0.25) is 30.7 Å². The van der Waals surface area contributed by atoms with Crippen molar-refractivity contribution >= 4 is 40.7 Å². The van der Waals surface area contributed by atoms with Gasteiger partial charge in [0.05, 0.1) is 17.1 Å². The zero-order chi connectivity index (χ0) is 22.5. The normalized spacial score (nSPS) is 20.0. The number of ether oxygens (including phenoxy) is 1. The van der Waals surface area contributed by atoms with Crippen molar-refractivity contribution < 1.29 is 30.5 Å². The van der Waals surface area contributed by atoms with Crippen molar-refractivity contribution in [2.45, 2.75) is 57.2 Å². The van der Waals surface area contributed by atoms with E-state index in [1.807, 2.05) is 6.92 Å². The molecule has 0 bridgehead atoms. The minimum absolute atomic E-state index is 0.0644. The van der Waals surface area contributed by atoms with Gasteiger partial charge in [0.25, 0.3) is 0 Å². The maximum absolute atomic E-state index is 13.0. The van der Waals surface area contributed by atoms with Crippen molar-refractivity contribution in [2.24, 2.45) is 5.92 Å². The Kier molecular flexibility index (Phi) is 6.22. The molecule has 0 unspecified atom stereocenters. The fraction of sp³-hybridized carbons (Fsp3) is 0.611. The van der Waals surface area contributed by atoms with Crippen molar-refractivity contribution in [3.05, 3.63) is 22.8 Å². The fourth-order valence-corrected chi connectivity index (χ4v) is 4.70. The van der Waals surface area contributed by atoms with E-state index in [2.05, 4.69) is 28.9 Å². The highest BCUT2D eigenvalue weighted by Crippen LogP contribution is 2.54. The number of halogens is 4. The Morgan fingerprint density at radius 1 is 1.33 bits per heavy atom. The summed E-state index contributed by atoms with van der Waals surface area (Å²) in [6.45, 7) is 9.13. The lowest BCUT2D eigenvalue weighted by Crippen LogP contribution is -2.28. The number of fused-ring (bicyclic) bond motifs is 1. The maximum atomic E-state index is 13.0. The molecule has 0 amide bonds. The molecule has 0 N–H and O–H groups in total. The summed E-state index contributed by atoms with van der Waals surface area (Å²) in [5.41, 5.74) is -4.94. The average Bonchev–Trinajstić information content (AvgIpc) is 3.14. The van der Waals surface area contributed by atoms with E-state index in [0.717, 1.165) is 6.04 Å². The van der Waals surface area contributed by atoms with Gasteiger partial charge in [0.15, 0.2) is 5.75 Å². The molecule has 6 nitrogen and oxygen atoms in total. The topological polar surface area (TPSA) is 70.4 Å². The summed E-state index contributed by atoms with van der Waals surface area (Å²) in [4.78, 5) is 0. The predicted molar refractivity (Wildman–Crippen MR) is 111 cm³/mol. The molecule has 2 aromatic rings. The predicted octanol–water partition coefficient (Wildman–Crippen LogP) is 5.35. The standard InChI is InChI=1S/C18H24ClF3N2O4SSi/c1-11-7-12(11)16-14(19)8-15-13(17(16)28-29(25,26)18(20,21)22)9-23-24(15)10-27-5-6-30(2,3)4/h8-9,11-12H,5-7,10H2,1-4H3/t11-,12+/m1/s1. The molecule has 12 heteroatoms. The van der Waals surface area contributed by atoms with Gasteiger partial charge in [-0.2, -0.15) is 26.7 Å². The SMILES string of the molecule is C[C@@H]1C[C@@H]1c1c(Cl)cc2c(cnn2COCC[Si](C)(C)C)c1OS(=O)(=O)C(F)(F)F. The second kappa shape index (κ2) is 7.99. The van der Waals surface area contributed by atoms with Gasteiger partial charge in [0.2, 0.25) is 0 Å². The van der Waals surface area contributed by atoms with E-state index >= 15 is 0 Å². The molecule has 0 spiro atoms. The molecule has 3 rings (SSSR count). The molecule has 1 fully saturated rings. The Labute approximate surface area is 179 Å². The molecule has 2 atom stereocenters. The molecule has 1 aromatic heterocycles. The van der Waals surface area contributed by atoms with E-state index in [0.29, 0.717) is 18.5 Å². The molecular formula is C18H24ClF3N2O4SSi. The van der Waals surface area contributed by atoms with E-state index in [4.69, 9.17) is 16.3 Å². The highest BCUT2D eigenvalue weighted by atomic mass is 35.5. The third-order valence-corrected chi connectivity index (χ3v) is 8.03. The van der Waals surface area contributed by atoms with Crippen LogP contribution in [0.1, 0.15) is 24.8 Å². The van der Waals surface area contributed by atoms with Crippen LogP contribution in [0.5, 0.6) is 5.75 Å². The summed E-state index contributed by atoms with van der Waals surface area (Å²) in [7, 11) is -7.14. The lowest BCUT2D eigenvalue weighted by Gasteiger charge is -2.16. The minimum atomic E-state index is -5.86. The van der Waals surface area contributed by atoms with Crippen LogP contribution in [0.25, 0.3) is 10.9 Å². The summed E-state index contributed by atoms with van der Waals surface area (Å²) >= 11 is 6.37. The van der Waals surface area contributed by atoms with Crippen LogP contribution in [0.15, 0.2) is 12.3 Å². The number of benzene rings is 1. The van der Waals surface area contributed by atoms with Crippen molar-refractivity contribution in [1.82, 2.24) is 9.78 Å². The van der Waals surface area contributed by atoms with Crippen LogP contribution in [0, 0.1) is 5.92 Å². The van der Waals surface area contributed by atoms with Gasteiger partial charge < -0.3 is 8.92 Å². The Morgan fingerprint density at radius 3 is 2.50 bits per heavy atom. The van der Waals surface area contributed by atoms with Gasteiger partial charge in [-0.3, -0.25) is 0 Å². The van der Waals surface area contributed by atoms with Crippen LogP contribution in [0.4, 0.5) is 13.2 Å². The number of aromatic nitrogens is 2. The summed E-state index contributed by atoms with van der Waals surface area (Å²) in [6, 6.07) is 2.51. The van der Waals surface area contributed by atoms with Crippen molar-refractivity contribution in [1.29, 1.82) is 0 Å². The molecule has 1 aliphatic carbocycles. The second-order valence-electron chi connectivity index (χ2n) is 8.83. The van der Waals surface area contributed by atoms with Crippen LogP contribution >= 0.6 is 11.6 Å². The zero-order valence-electron chi connectivity index (χ0n) is 17.1. The number of rotatable bonds is 8. The highest BCUT2D eigenvalue weighted by molar-refractivity contribution is 7.88. The zero-order valence-corrected chi connectivity index (χ0v) is 19.7. The molecule has 1 aromatic carbocycles. The molecule has 1 heterocycles. The summed E-state index contributed by atoms with van der Waals surface area (Å²) in [5.74, 6) is -0.412. The van der Waals surface area contributed by atoms with E-state index in [9.17, 15) is 21.6 Å². The van der Waals surface area contributed by atoms with E-state index in [1.54, 1.807) is 6.07 Å². The minimum Gasteiger partial charge on any atom is -0.375 e. The van der Waals surface area contributed by atoms with Crippen LogP contribution < -0.4 is 4.18 Å². The Balaban J connectivity index is 1.99. The number of alkyl halides is 3. The van der Waals surface area contributed by atoms with Gasteiger partial charge >= 0.3 is 15.6 Å². The number of hydrogen-bond acceptors (Lipinski definition) is 5. The van der Waals surface area contributed by atoms with Crippen molar-refractivity contribution in [3.8, 4) is 5.75 Å². The smallest absolute Gasteiger partial charge is 0.375 e. The monoisotopic (exact) mass is 484 g/mol. The van der Waals surface area contributed by atoms with Gasteiger partial charge in [-0.25, -0.2) is 4.68 Å². The number of nitrogens with zero attached hydrogens (tertiary/aromatic N) is 2. The van der Waals surface area contributed by atoms with Gasteiger partial charge in [0.1, 0.15) is 6.73 Å². The third kappa shape index (κ3) is 4.95. The van der Waals surface area contributed by atoms with Gasteiger partial charge in [0, 0.05) is 25.3 Å². The van der Waals surface area contributed by atoms with E-state index in [1.165, 1.54) is 10.9 Å². The van der Waals surface area contributed by atoms with Crippen molar-refractivity contribution in [3.63, 3.8) is 0 Å². The quantitative estimate of drug-likeness (QED) is 0.218. The molecular weight excluding hydrogens is 461 g/mol. The molecule has 168 valence electrons. The molecule has 0 saturated heterocycles. The van der Waals surface area contributed by atoms with Gasteiger partial charge in [-0.15, -0.1) is 0 Å². The molecule has 1 saturated carbocycles. The first-order valence-electron chi connectivity index (χ1n) is 9.47. The average molecular weight is 485 g/mol. The van der Waals surface area contributed by atoms with Crippen molar-refractivity contribution in [2.75, 3.05) is 6.61 Å². The van der Waals surface area contributed by atoms with Gasteiger partial charge in [-0.1, -0.05) is 38.2 Å². The van der Waals surface area contributed by atoms with Crippen LogP contribution in [-0.2, 0) is 21.6 Å². The largest absolute Gasteiger partial charge is 0.534 e. The van der Waals surface area contributed by atoms with Crippen LogP contribution in [-0.4, -0.2) is 38.4 Å². The first-order valence-corrected chi connectivity index (χ1v) is 15.0. The van der Waals surface area contributed by atoms with E-state index in [-0.39, 0.29) is 34.5 Å². The van der Waals surface area contributed by atoms with Gasteiger partial charge in [-0.05, 0) is 30.4 Å². The second-order valence-corrected chi connectivity index (χ2v) is 16.4. The Hall–Kier alpha value is -1.30. The highest BCUT2D eigenvalue weighted by Gasteiger charge is 2.50. The molecule has 0 aliphatic heterocycles. The summed E-state index contributed by atoms with van der Waals surface area (Å²) in [5, 5.41) is 4.45.